The molecule has 1 N–H and O–H groups in total. The van der Waals surface area contributed by atoms with Crippen molar-refractivity contribution in [2.75, 3.05) is 0 Å². The number of carboxylic acid groups (broad SMARTS) is 1. The van der Waals surface area contributed by atoms with Gasteiger partial charge < -0.3 is 5.11 Å². The summed E-state index contributed by atoms with van der Waals surface area (Å²) in [6.07, 6.45) is 2.05. The van der Waals surface area contributed by atoms with Crippen molar-refractivity contribution in [1.82, 2.24) is 4.98 Å². The van der Waals surface area contributed by atoms with E-state index in [2.05, 4.69) is 4.98 Å². The number of hydrogen-bond acceptors (Lipinski definition) is 2. The number of rotatable bonds is 3. The molecule has 1 aromatic heterocycles. The molecule has 2 atom stereocenters. The van der Waals surface area contributed by atoms with Gasteiger partial charge in [-0.25, -0.2) is 4.39 Å². The Hall–Kier alpha value is -1.94. The molecule has 20 heavy (non-hydrogen) atoms. The van der Waals surface area contributed by atoms with Crippen molar-refractivity contribution in [1.29, 1.82) is 0 Å². The maximum absolute atomic E-state index is 12.9. The fourth-order valence-corrected chi connectivity index (χ4v) is 2.54. The Morgan fingerprint density at radius 3 is 2.50 bits per heavy atom. The molecular weight excluding hydrogens is 281 g/mol. The molecule has 0 saturated heterocycles. The Morgan fingerprint density at radius 2 is 2.00 bits per heavy atom. The van der Waals surface area contributed by atoms with E-state index in [1.165, 1.54) is 12.1 Å². The molecule has 5 heteroatoms. The Labute approximate surface area is 120 Å². The van der Waals surface area contributed by atoms with Crippen LogP contribution < -0.4 is 0 Å². The first kappa shape index (κ1) is 13.1. The van der Waals surface area contributed by atoms with Gasteiger partial charge in [-0.1, -0.05) is 6.07 Å². The summed E-state index contributed by atoms with van der Waals surface area (Å²) >= 11 is 5.98. The van der Waals surface area contributed by atoms with Gasteiger partial charge in [-0.15, -0.1) is 11.6 Å². The molecular formula is C15H11ClFNO2. The second kappa shape index (κ2) is 4.56. The first-order valence-electron chi connectivity index (χ1n) is 6.15. The zero-order valence-electron chi connectivity index (χ0n) is 10.4. The minimum Gasteiger partial charge on any atom is -0.480 e. The van der Waals surface area contributed by atoms with Gasteiger partial charge >= 0.3 is 5.97 Å². The molecule has 1 heterocycles. The van der Waals surface area contributed by atoms with Crippen molar-refractivity contribution < 1.29 is 14.3 Å². The molecule has 1 fully saturated rings. The van der Waals surface area contributed by atoms with E-state index in [1.807, 2.05) is 6.07 Å². The average Bonchev–Trinajstić information content (AvgIpc) is 3.14. The third-order valence-electron chi connectivity index (χ3n) is 3.58. The van der Waals surface area contributed by atoms with E-state index in [-0.39, 0.29) is 11.7 Å². The molecule has 1 aliphatic rings. The Morgan fingerprint density at radius 1 is 1.30 bits per heavy atom. The van der Waals surface area contributed by atoms with Gasteiger partial charge in [0, 0.05) is 17.7 Å². The molecule has 3 rings (SSSR count). The van der Waals surface area contributed by atoms with E-state index in [4.69, 9.17) is 16.7 Å². The van der Waals surface area contributed by atoms with Crippen LogP contribution in [0.25, 0.3) is 11.3 Å². The highest BCUT2D eigenvalue weighted by molar-refractivity contribution is 6.37. The molecule has 0 spiro atoms. The first-order valence-corrected chi connectivity index (χ1v) is 6.53. The molecule has 2 unspecified atom stereocenters. The number of carboxylic acids is 1. The van der Waals surface area contributed by atoms with Crippen LogP contribution in [-0.2, 0) is 4.79 Å². The molecule has 0 amide bonds. The Bertz CT molecular complexity index is 657. The van der Waals surface area contributed by atoms with Gasteiger partial charge in [-0.3, -0.25) is 9.78 Å². The van der Waals surface area contributed by atoms with Crippen LogP contribution in [0.2, 0.25) is 0 Å². The smallest absolute Gasteiger partial charge is 0.325 e. The lowest BCUT2D eigenvalue weighted by Crippen LogP contribution is -2.16. The molecule has 2 aromatic rings. The van der Waals surface area contributed by atoms with Gasteiger partial charge in [0.1, 0.15) is 10.7 Å². The average molecular weight is 292 g/mol. The summed E-state index contributed by atoms with van der Waals surface area (Å²) in [5.74, 6) is -1.49. The standard InChI is InChI=1S/C15H11ClFNO2/c16-15(14(19)20)7-12(15)10-3-6-13(18-8-10)9-1-4-11(17)5-2-9/h1-6,8,12H,7H2,(H,19,20). The minimum atomic E-state index is -1.18. The van der Waals surface area contributed by atoms with Gasteiger partial charge in [-0.05, 0) is 42.3 Å². The van der Waals surface area contributed by atoms with Gasteiger partial charge in [0.05, 0.1) is 5.69 Å². The SMILES string of the molecule is O=C(O)C1(Cl)CC1c1ccc(-c2ccc(F)cc2)nc1. The highest BCUT2D eigenvalue weighted by Gasteiger charge is 2.60. The normalized spacial score (nSPS) is 24.4. The summed E-state index contributed by atoms with van der Waals surface area (Å²) in [4.78, 5) is 14.1. The number of aliphatic carboxylic acids is 1. The van der Waals surface area contributed by atoms with Crippen molar-refractivity contribution in [2.24, 2.45) is 0 Å². The van der Waals surface area contributed by atoms with Crippen LogP contribution in [0.5, 0.6) is 0 Å². The van der Waals surface area contributed by atoms with Gasteiger partial charge in [0.25, 0.3) is 0 Å². The molecule has 1 aliphatic carbocycles. The quantitative estimate of drug-likeness (QED) is 0.881. The summed E-state index contributed by atoms with van der Waals surface area (Å²) in [6, 6.07) is 9.67. The summed E-state index contributed by atoms with van der Waals surface area (Å²) in [5, 5.41) is 9.01. The van der Waals surface area contributed by atoms with E-state index in [9.17, 15) is 9.18 Å². The number of benzene rings is 1. The molecule has 1 saturated carbocycles. The molecule has 102 valence electrons. The molecule has 3 nitrogen and oxygen atoms in total. The van der Waals surface area contributed by atoms with Crippen molar-refractivity contribution in [3.8, 4) is 11.3 Å². The number of nitrogens with zero attached hydrogens (tertiary/aromatic N) is 1. The predicted octanol–water partition coefficient (Wildman–Crippen LogP) is 3.44. The summed E-state index contributed by atoms with van der Waals surface area (Å²) in [7, 11) is 0. The third kappa shape index (κ3) is 2.16. The molecule has 0 radical (unpaired) electrons. The van der Waals surface area contributed by atoms with Gasteiger partial charge in [0.15, 0.2) is 0 Å². The highest BCUT2D eigenvalue weighted by atomic mass is 35.5. The Kier molecular flexibility index (Phi) is 2.98. The highest BCUT2D eigenvalue weighted by Crippen LogP contribution is 2.56. The zero-order chi connectivity index (χ0) is 14.3. The number of alkyl halides is 1. The second-order valence-electron chi connectivity index (χ2n) is 4.91. The van der Waals surface area contributed by atoms with Gasteiger partial charge in [0.2, 0.25) is 0 Å². The number of pyridine rings is 1. The zero-order valence-corrected chi connectivity index (χ0v) is 11.1. The second-order valence-corrected chi connectivity index (χ2v) is 5.58. The van der Waals surface area contributed by atoms with Crippen molar-refractivity contribution in [3.63, 3.8) is 0 Å². The largest absolute Gasteiger partial charge is 0.480 e. The third-order valence-corrected chi connectivity index (χ3v) is 4.16. The number of halogens is 2. The van der Waals surface area contributed by atoms with Crippen LogP contribution in [-0.4, -0.2) is 20.9 Å². The first-order chi connectivity index (χ1) is 9.50. The van der Waals surface area contributed by atoms with Crippen LogP contribution in [0.3, 0.4) is 0 Å². The minimum absolute atomic E-state index is 0.198. The van der Waals surface area contributed by atoms with Crippen molar-refractivity contribution in [3.05, 3.63) is 54.0 Å². The lowest BCUT2D eigenvalue weighted by molar-refractivity contribution is -0.137. The fourth-order valence-electron chi connectivity index (χ4n) is 2.26. The number of hydrogen-bond donors (Lipinski definition) is 1. The molecule has 1 aromatic carbocycles. The maximum atomic E-state index is 12.9. The fraction of sp³-hybridized carbons (Fsp3) is 0.200. The maximum Gasteiger partial charge on any atom is 0.325 e. The number of aromatic nitrogens is 1. The molecule has 0 bridgehead atoms. The lowest BCUT2D eigenvalue weighted by atomic mass is 10.1. The van der Waals surface area contributed by atoms with Crippen molar-refractivity contribution in [2.45, 2.75) is 17.2 Å². The van der Waals surface area contributed by atoms with Crippen molar-refractivity contribution >= 4 is 17.6 Å². The lowest BCUT2D eigenvalue weighted by Gasteiger charge is -2.05. The van der Waals surface area contributed by atoms with Gasteiger partial charge in [-0.2, -0.15) is 0 Å². The van der Waals surface area contributed by atoms with E-state index in [0.717, 1.165) is 11.1 Å². The summed E-state index contributed by atoms with van der Waals surface area (Å²) in [6.45, 7) is 0. The van der Waals surface area contributed by atoms with E-state index in [0.29, 0.717) is 12.1 Å². The van der Waals surface area contributed by atoms with Crippen LogP contribution in [0.15, 0.2) is 42.6 Å². The summed E-state index contributed by atoms with van der Waals surface area (Å²) < 4.78 is 12.9. The van der Waals surface area contributed by atoms with Crippen LogP contribution in [0.1, 0.15) is 17.9 Å². The van der Waals surface area contributed by atoms with Crippen LogP contribution in [0, 0.1) is 5.82 Å². The van der Waals surface area contributed by atoms with Crippen LogP contribution >= 0.6 is 11.6 Å². The van der Waals surface area contributed by atoms with E-state index in [1.54, 1.807) is 24.4 Å². The van der Waals surface area contributed by atoms with E-state index >= 15 is 0 Å². The monoisotopic (exact) mass is 291 g/mol. The molecule has 0 aliphatic heterocycles. The Balaban J connectivity index is 1.83. The van der Waals surface area contributed by atoms with Crippen LogP contribution in [0.4, 0.5) is 4.39 Å². The number of carbonyl (C=O) groups is 1. The van der Waals surface area contributed by atoms with E-state index < -0.39 is 10.8 Å². The topological polar surface area (TPSA) is 50.2 Å². The summed E-state index contributed by atoms with van der Waals surface area (Å²) in [5.41, 5.74) is 2.34. The predicted molar refractivity (Wildman–Crippen MR) is 73.2 cm³/mol.